The summed E-state index contributed by atoms with van der Waals surface area (Å²) in [6.07, 6.45) is 1.93. The van der Waals surface area contributed by atoms with Crippen LogP contribution >= 0.6 is 23.1 Å². The van der Waals surface area contributed by atoms with Crippen LogP contribution in [0.1, 0.15) is 18.7 Å². The van der Waals surface area contributed by atoms with E-state index in [4.69, 9.17) is 0 Å². The number of nitrogens with one attached hydrogen (secondary N) is 2. The summed E-state index contributed by atoms with van der Waals surface area (Å²) >= 11 is 3.67. The predicted molar refractivity (Wildman–Crippen MR) is 94.2 cm³/mol. The number of aliphatic imine (C=N–C) groups is 1. The lowest BCUT2D eigenvalue weighted by molar-refractivity contribution is 0.519. The molecule has 0 unspecified atom stereocenters. The van der Waals surface area contributed by atoms with Gasteiger partial charge in [-0.1, -0.05) is 26.0 Å². The zero-order chi connectivity index (χ0) is 14.8. The molecule has 0 radical (unpaired) electrons. The lowest BCUT2D eigenvalue weighted by Gasteiger charge is -2.25. The first-order valence-electron chi connectivity index (χ1n) is 6.77. The quantitative estimate of drug-likeness (QED) is 0.335. The Bertz CT molecular complexity index is 411. The summed E-state index contributed by atoms with van der Waals surface area (Å²) in [5.74, 6) is 2.93. The van der Waals surface area contributed by atoms with Crippen molar-refractivity contribution in [2.75, 3.05) is 31.6 Å². The molecule has 0 bridgehead atoms. The van der Waals surface area contributed by atoms with Gasteiger partial charge in [0.05, 0.1) is 0 Å². The molecular weight excluding hydrogens is 286 g/mol. The second kappa shape index (κ2) is 9.08. The Morgan fingerprint density at radius 3 is 2.90 bits per heavy atom. The van der Waals surface area contributed by atoms with Crippen molar-refractivity contribution in [3.05, 3.63) is 35.0 Å². The summed E-state index contributed by atoms with van der Waals surface area (Å²) in [6.45, 7) is 9.99. The maximum atomic E-state index is 4.26. The molecule has 112 valence electrons. The average Bonchev–Trinajstić information content (AvgIpc) is 2.97. The number of guanidine groups is 1. The van der Waals surface area contributed by atoms with Crippen LogP contribution in [0, 0.1) is 0 Å². The van der Waals surface area contributed by atoms with Crippen LogP contribution in [-0.2, 0) is 5.41 Å². The van der Waals surface area contributed by atoms with E-state index in [1.807, 2.05) is 24.9 Å². The van der Waals surface area contributed by atoms with Gasteiger partial charge < -0.3 is 10.6 Å². The number of rotatable bonds is 8. The zero-order valence-electron chi connectivity index (χ0n) is 12.6. The smallest absolute Gasteiger partial charge is 0.191 e. The van der Waals surface area contributed by atoms with Crippen LogP contribution in [-0.4, -0.2) is 37.6 Å². The molecule has 3 nitrogen and oxygen atoms in total. The highest BCUT2D eigenvalue weighted by Gasteiger charge is 2.21. The van der Waals surface area contributed by atoms with E-state index >= 15 is 0 Å². The Kier molecular flexibility index (Phi) is 7.77. The first kappa shape index (κ1) is 17.1. The van der Waals surface area contributed by atoms with Gasteiger partial charge in [0.25, 0.3) is 0 Å². The van der Waals surface area contributed by atoms with Gasteiger partial charge in [0.15, 0.2) is 5.96 Å². The molecule has 0 fully saturated rings. The molecule has 0 atom stereocenters. The zero-order valence-corrected chi connectivity index (χ0v) is 14.2. The third-order valence-corrected chi connectivity index (χ3v) is 5.08. The third kappa shape index (κ3) is 6.01. The molecule has 0 saturated carbocycles. The SMILES string of the molecule is C=CCSCCNC(=NC)NCC(C)(C)c1cccs1. The molecule has 0 saturated heterocycles. The van der Waals surface area contributed by atoms with Crippen LogP contribution in [0.3, 0.4) is 0 Å². The van der Waals surface area contributed by atoms with E-state index in [0.29, 0.717) is 0 Å². The fourth-order valence-corrected chi connectivity index (χ4v) is 3.12. The molecule has 0 aliphatic rings. The van der Waals surface area contributed by atoms with Crippen LogP contribution in [0.4, 0.5) is 0 Å². The fourth-order valence-electron chi connectivity index (χ4n) is 1.68. The second-order valence-electron chi connectivity index (χ2n) is 5.08. The van der Waals surface area contributed by atoms with Gasteiger partial charge in [-0.3, -0.25) is 4.99 Å². The van der Waals surface area contributed by atoms with E-state index < -0.39 is 0 Å². The highest BCUT2D eigenvalue weighted by Crippen LogP contribution is 2.26. The fraction of sp³-hybridized carbons (Fsp3) is 0.533. The predicted octanol–water partition coefficient (Wildman–Crippen LogP) is 3.11. The second-order valence-corrected chi connectivity index (χ2v) is 7.17. The minimum atomic E-state index is 0.114. The molecule has 5 heteroatoms. The van der Waals surface area contributed by atoms with Gasteiger partial charge in [-0.15, -0.1) is 17.9 Å². The summed E-state index contributed by atoms with van der Waals surface area (Å²) < 4.78 is 0. The van der Waals surface area contributed by atoms with Gasteiger partial charge in [0, 0.05) is 41.9 Å². The lowest BCUT2D eigenvalue weighted by atomic mass is 9.91. The maximum Gasteiger partial charge on any atom is 0.191 e. The van der Waals surface area contributed by atoms with Crippen molar-refractivity contribution < 1.29 is 0 Å². The van der Waals surface area contributed by atoms with E-state index in [2.05, 4.69) is 53.6 Å². The molecular formula is C15H25N3S2. The largest absolute Gasteiger partial charge is 0.356 e. The summed E-state index contributed by atoms with van der Waals surface area (Å²) in [5, 5.41) is 8.86. The average molecular weight is 312 g/mol. The lowest BCUT2D eigenvalue weighted by Crippen LogP contribution is -2.43. The van der Waals surface area contributed by atoms with E-state index in [1.165, 1.54) is 4.88 Å². The van der Waals surface area contributed by atoms with Gasteiger partial charge in [0.2, 0.25) is 0 Å². The van der Waals surface area contributed by atoms with Crippen molar-refractivity contribution in [2.24, 2.45) is 4.99 Å². The van der Waals surface area contributed by atoms with E-state index in [0.717, 1.165) is 30.6 Å². The minimum absolute atomic E-state index is 0.114. The topological polar surface area (TPSA) is 36.4 Å². The molecule has 0 amide bonds. The molecule has 1 rings (SSSR count). The highest BCUT2D eigenvalue weighted by atomic mass is 32.2. The highest BCUT2D eigenvalue weighted by molar-refractivity contribution is 7.99. The summed E-state index contributed by atoms with van der Waals surface area (Å²) in [7, 11) is 1.81. The molecule has 0 aliphatic carbocycles. The van der Waals surface area contributed by atoms with Crippen molar-refractivity contribution in [1.82, 2.24) is 10.6 Å². The first-order chi connectivity index (χ1) is 9.60. The van der Waals surface area contributed by atoms with Crippen LogP contribution in [0.15, 0.2) is 35.2 Å². The Labute approximate surface area is 131 Å². The van der Waals surface area contributed by atoms with Gasteiger partial charge >= 0.3 is 0 Å². The van der Waals surface area contributed by atoms with Gasteiger partial charge in [-0.2, -0.15) is 11.8 Å². The van der Waals surface area contributed by atoms with Gasteiger partial charge in [-0.05, 0) is 11.4 Å². The molecule has 2 N–H and O–H groups in total. The number of thioether (sulfide) groups is 1. The molecule has 1 heterocycles. The first-order valence-corrected chi connectivity index (χ1v) is 8.80. The number of hydrogen-bond acceptors (Lipinski definition) is 3. The standard InChI is InChI=1S/C15H25N3S2/c1-5-9-19-11-8-17-14(16-4)18-12-15(2,3)13-7-6-10-20-13/h5-7,10H,1,8-9,11-12H2,2-4H3,(H2,16,17,18). The van der Waals surface area contributed by atoms with E-state index in [-0.39, 0.29) is 5.41 Å². The van der Waals surface area contributed by atoms with Crippen LogP contribution in [0.2, 0.25) is 0 Å². The van der Waals surface area contributed by atoms with Crippen molar-refractivity contribution in [3.63, 3.8) is 0 Å². The Balaban J connectivity index is 2.32. The Morgan fingerprint density at radius 2 is 2.30 bits per heavy atom. The molecule has 1 aromatic heterocycles. The number of thiophene rings is 1. The van der Waals surface area contributed by atoms with E-state index in [1.54, 1.807) is 11.3 Å². The van der Waals surface area contributed by atoms with Crippen molar-refractivity contribution >= 4 is 29.1 Å². The molecule has 1 aromatic rings. The minimum Gasteiger partial charge on any atom is -0.356 e. The number of hydrogen-bond donors (Lipinski definition) is 2. The van der Waals surface area contributed by atoms with Crippen molar-refractivity contribution in [1.29, 1.82) is 0 Å². The molecule has 0 aromatic carbocycles. The Morgan fingerprint density at radius 1 is 1.50 bits per heavy atom. The van der Waals surface area contributed by atoms with E-state index in [9.17, 15) is 0 Å². The van der Waals surface area contributed by atoms with Crippen molar-refractivity contribution in [3.8, 4) is 0 Å². The van der Waals surface area contributed by atoms with Crippen molar-refractivity contribution in [2.45, 2.75) is 19.3 Å². The van der Waals surface area contributed by atoms with Crippen LogP contribution < -0.4 is 10.6 Å². The summed E-state index contributed by atoms with van der Waals surface area (Å²) in [6, 6.07) is 4.29. The van der Waals surface area contributed by atoms with Gasteiger partial charge in [-0.25, -0.2) is 0 Å². The summed E-state index contributed by atoms with van der Waals surface area (Å²) in [5.41, 5.74) is 0.114. The Hall–Kier alpha value is -0.940. The maximum absolute atomic E-state index is 4.26. The molecule has 0 aliphatic heterocycles. The monoisotopic (exact) mass is 311 g/mol. The van der Waals surface area contributed by atoms with Crippen LogP contribution in [0.25, 0.3) is 0 Å². The summed E-state index contributed by atoms with van der Waals surface area (Å²) in [4.78, 5) is 5.65. The van der Waals surface area contributed by atoms with Crippen LogP contribution in [0.5, 0.6) is 0 Å². The number of nitrogens with zero attached hydrogens (tertiary/aromatic N) is 1. The molecule has 20 heavy (non-hydrogen) atoms. The third-order valence-electron chi connectivity index (χ3n) is 2.88. The normalized spacial score (nSPS) is 12.2. The molecule has 0 spiro atoms. The van der Waals surface area contributed by atoms with Gasteiger partial charge in [0.1, 0.15) is 0 Å².